The number of piperidine rings is 1. The summed E-state index contributed by atoms with van der Waals surface area (Å²) < 4.78 is 0. The van der Waals surface area contributed by atoms with Gasteiger partial charge in [0.05, 0.1) is 0 Å². The van der Waals surface area contributed by atoms with Gasteiger partial charge in [0.2, 0.25) is 0 Å². The molecule has 1 aliphatic rings. The second kappa shape index (κ2) is 5.37. The lowest BCUT2D eigenvalue weighted by atomic mass is 9.94. The van der Waals surface area contributed by atoms with Gasteiger partial charge in [0, 0.05) is 18.0 Å². The zero-order chi connectivity index (χ0) is 10.6. The molecule has 0 atom stereocenters. The fraction of sp³-hybridized carbons (Fsp3) is 0.700. The number of hydrogen-bond donors (Lipinski definition) is 1. The van der Waals surface area contributed by atoms with E-state index in [-0.39, 0.29) is 0 Å². The summed E-state index contributed by atoms with van der Waals surface area (Å²) in [7, 11) is 0. The molecule has 1 heterocycles. The van der Waals surface area contributed by atoms with Gasteiger partial charge in [-0.2, -0.15) is 0 Å². The number of carboxylic acid groups (broad SMARTS) is 1. The Morgan fingerprint density at radius 2 is 2.07 bits per heavy atom. The standard InChI is InChI=1S/C10H16ClNO2/c1-8(11)7-12-4-2-9(3-5-12)6-10(13)14/h9H,1-7H2,(H,13,14). The quantitative estimate of drug-likeness (QED) is 0.782. The van der Waals surface area contributed by atoms with Crippen molar-refractivity contribution in [1.82, 2.24) is 4.90 Å². The van der Waals surface area contributed by atoms with Crippen LogP contribution in [0.5, 0.6) is 0 Å². The van der Waals surface area contributed by atoms with Crippen molar-refractivity contribution in [3.63, 3.8) is 0 Å². The van der Waals surface area contributed by atoms with Crippen LogP contribution in [0.25, 0.3) is 0 Å². The van der Waals surface area contributed by atoms with Crippen LogP contribution >= 0.6 is 11.6 Å². The average Bonchev–Trinajstić information content (AvgIpc) is 2.06. The summed E-state index contributed by atoms with van der Waals surface area (Å²) >= 11 is 5.70. The maximum atomic E-state index is 10.5. The molecule has 1 aliphatic heterocycles. The first-order valence-electron chi connectivity index (χ1n) is 4.85. The molecule has 80 valence electrons. The maximum absolute atomic E-state index is 10.5. The van der Waals surface area contributed by atoms with Crippen LogP contribution in [0.2, 0.25) is 0 Å². The topological polar surface area (TPSA) is 40.5 Å². The fourth-order valence-corrected chi connectivity index (χ4v) is 2.01. The number of carboxylic acids is 1. The lowest BCUT2D eigenvalue weighted by molar-refractivity contribution is -0.138. The van der Waals surface area contributed by atoms with E-state index in [9.17, 15) is 4.79 Å². The van der Waals surface area contributed by atoms with Gasteiger partial charge < -0.3 is 5.11 Å². The zero-order valence-electron chi connectivity index (χ0n) is 8.21. The van der Waals surface area contributed by atoms with E-state index in [1.54, 1.807) is 0 Å². The normalized spacial score (nSPS) is 19.5. The van der Waals surface area contributed by atoms with Crippen molar-refractivity contribution in [2.45, 2.75) is 19.3 Å². The largest absolute Gasteiger partial charge is 0.481 e. The van der Waals surface area contributed by atoms with E-state index in [1.807, 2.05) is 0 Å². The van der Waals surface area contributed by atoms with Gasteiger partial charge in [0.15, 0.2) is 0 Å². The number of nitrogens with zero attached hydrogens (tertiary/aromatic N) is 1. The van der Waals surface area contributed by atoms with Crippen molar-refractivity contribution in [2.75, 3.05) is 19.6 Å². The number of rotatable bonds is 4. The molecule has 0 saturated carbocycles. The third-order valence-electron chi connectivity index (χ3n) is 2.57. The molecule has 0 unspecified atom stereocenters. The molecule has 0 aromatic carbocycles. The Morgan fingerprint density at radius 1 is 1.50 bits per heavy atom. The van der Waals surface area contributed by atoms with Crippen LogP contribution in [-0.4, -0.2) is 35.6 Å². The van der Waals surface area contributed by atoms with E-state index in [1.165, 1.54) is 0 Å². The summed E-state index contributed by atoms with van der Waals surface area (Å²) in [5.41, 5.74) is 0. The van der Waals surface area contributed by atoms with E-state index in [4.69, 9.17) is 16.7 Å². The molecule has 14 heavy (non-hydrogen) atoms. The second-order valence-corrected chi connectivity index (χ2v) is 4.37. The van der Waals surface area contributed by atoms with Gasteiger partial charge in [0.1, 0.15) is 0 Å². The van der Waals surface area contributed by atoms with Crippen LogP contribution in [0.3, 0.4) is 0 Å². The molecule has 1 fully saturated rings. The van der Waals surface area contributed by atoms with Crippen molar-refractivity contribution in [3.05, 3.63) is 11.6 Å². The van der Waals surface area contributed by atoms with E-state index in [0.717, 1.165) is 32.5 Å². The van der Waals surface area contributed by atoms with E-state index in [2.05, 4.69) is 11.5 Å². The van der Waals surface area contributed by atoms with Crippen LogP contribution in [0, 0.1) is 5.92 Å². The third-order valence-corrected chi connectivity index (χ3v) is 2.69. The molecular weight excluding hydrogens is 202 g/mol. The lowest BCUT2D eigenvalue weighted by Gasteiger charge is -2.30. The minimum Gasteiger partial charge on any atom is -0.481 e. The minimum absolute atomic E-state index is 0.301. The smallest absolute Gasteiger partial charge is 0.303 e. The summed E-state index contributed by atoms with van der Waals surface area (Å²) in [5, 5.41) is 9.28. The molecule has 0 aromatic heterocycles. The Hall–Kier alpha value is -0.540. The minimum atomic E-state index is -0.690. The van der Waals surface area contributed by atoms with Gasteiger partial charge in [-0.1, -0.05) is 18.2 Å². The highest BCUT2D eigenvalue weighted by molar-refractivity contribution is 6.29. The maximum Gasteiger partial charge on any atom is 0.303 e. The first-order chi connectivity index (χ1) is 6.58. The van der Waals surface area contributed by atoms with Crippen LogP contribution in [-0.2, 0) is 4.79 Å². The summed E-state index contributed by atoms with van der Waals surface area (Å²) in [4.78, 5) is 12.7. The van der Waals surface area contributed by atoms with Crippen LogP contribution < -0.4 is 0 Å². The molecule has 0 aromatic rings. The van der Waals surface area contributed by atoms with Gasteiger partial charge in [-0.3, -0.25) is 9.69 Å². The van der Waals surface area contributed by atoms with Gasteiger partial charge in [-0.15, -0.1) is 0 Å². The van der Waals surface area contributed by atoms with Crippen LogP contribution in [0.15, 0.2) is 11.6 Å². The monoisotopic (exact) mass is 217 g/mol. The predicted octanol–water partition coefficient (Wildman–Crippen LogP) is 1.93. The van der Waals surface area contributed by atoms with Crippen molar-refractivity contribution in [2.24, 2.45) is 5.92 Å². The number of aliphatic carboxylic acids is 1. The highest BCUT2D eigenvalue weighted by Crippen LogP contribution is 2.21. The van der Waals surface area contributed by atoms with Gasteiger partial charge in [-0.25, -0.2) is 0 Å². The molecule has 0 spiro atoms. The first-order valence-corrected chi connectivity index (χ1v) is 5.23. The third kappa shape index (κ3) is 4.11. The summed E-state index contributed by atoms with van der Waals surface area (Å²) in [6.07, 6.45) is 2.21. The Labute approximate surface area is 89.3 Å². The van der Waals surface area contributed by atoms with E-state index < -0.39 is 5.97 Å². The lowest BCUT2D eigenvalue weighted by Crippen LogP contribution is -2.35. The Bertz CT molecular complexity index is 198. The summed E-state index contributed by atoms with van der Waals surface area (Å²) in [5.74, 6) is -0.349. The molecule has 4 heteroatoms. The molecule has 0 amide bonds. The molecule has 1 rings (SSSR count). The average molecular weight is 218 g/mol. The van der Waals surface area contributed by atoms with Gasteiger partial charge >= 0.3 is 5.97 Å². The van der Waals surface area contributed by atoms with Crippen LogP contribution in [0.4, 0.5) is 0 Å². The predicted molar refractivity (Wildman–Crippen MR) is 56.4 cm³/mol. The van der Waals surface area contributed by atoms with Crippen molar-refractivity contribution < 1.29 is 9.90 Å². The SMILES string of the molecule is C=C(Cl)CN1CCC(CC(=O)O)CC1. The Balaban J connectivity index is 2.24. The van der Waals surface area contributed by atoms with Gasteiger partial charge in [0.25, 0.3) is 0 Å². The van der Waals surface area contributed by atoms with Crippen molar-refractivity contribution >= 4 is 17.6 Å². The fourth-order valence-electron chi connectivity index (χ4n) is 1.84. The summed E-state index contributed by atoms with van der Waals surface area (Å²) in [6.45, 7) is 6.24. The molecular formula is C10H16ClNO2. The van der Waals surface area contributed by atoms with Crippen molar-refractivity contribution in [1.29, 1.82) is 0 Å². The first kappa shape index (κ1) is 11.5. The Morgan fingerprint density at radius 3 is 2.50 bits per heavy atom. The molecule has 0 aliphatic carbocycles. The second-order valence-electron chi connectivity index (χ2n) is 3.83. The molecule has 1 saturated heterocycles. The number of halogens is 1. The number of likely N-dealkylation sites (tertiary alicyclic amines) is 1. The van der Waals surface area contributed by atoms with Crippen LogP contribution in [0.1, 0.15) is 19.3 Å². The zero-order valence-corrected chi connectivity index (χ0v) is 8.96. The van der Waals surface area contributed by atoms with Crippen molar-refractivity contribution in [3.8, 4) is 0 Å². The number of carbonyl (C=O) groups is 1. The highest BCUT2D eigenvalue weighted by Gasteiger charge is 2.20. The molecule has 3 nitrogen and oxygen atoms in total. The highest BCUT2D eigenvalue weighted by atomic mass is 35.5. The van der Waals surface area contributed by atoms with E-state index in [0.29, 0.717) is 17.4 Å². The molecule has 0 bridgehead atoms. The van der Waals surface area contributed by atoms with Gasteiger partial charge in [-0.05, 0) is 31.8 Å². The van der Waals surface area contributed by atoms with E-state index >= 15 is 0 Å². The Kier molecular flexibility index (Phi) is 4.42. The molecule has 0 radical (unpaired) electrons. The molecule has 1 N–H and O–H groups in total. The summed E-state index contributed by atoms with van der Waals surface area (Å²) in [6, 6.07) is 0. The number of hydrogen-bond acceptors (Lipinski definition) is 2.